The van der Waals surface area contributed by atoms with E-state index in [1.165, 1.54) is 0 Å². The van der Waals surface area contributed by atoms with Crippen LogP contribution in [0.15, 0.2) is 47.4 Å². The SMILES string of the molecule is CNC(=S)Nc1cc(S(=O)(=O)Nc2ccc(OC)cc2)ccc1N1CCCC1. The van der Waals surface area contributed by atoms with Crippen LogP contribution in [0, 0.1) is 0 Å². The van der Waals surface area contributed by atoms with Crippen molar-refractivity contribution in [3.63, 3.8) is 0 Å². The number of sulfonamides is 1. The van der Waals surface area contributed by atoms with Crippen molar-refractivity contribution in [2.24, 2.45) is 0 Å². The third kappa shape index (κ3) is 4.66. The lowest BCUT2D eigenvalue weighted by molar-refractivity contribution is 0.415. The summed E-state index contributed by atoms with van der Waals surface area (Å²) in [5, 5.41) is 6.39. The second-order valence-corrected chi connectivity index (χ2v) is 8.50. The Hall–Kier alpha value is -2.52. The molecule has 9 heteroatoms. The Morgan fingerprint density at radius 2 is 1.79 bits per heavy atom. The van der Waals surface area contributed by atoms with Crippen molar-refractivity contribution in [3.05, 3.63) is 42.5 Å². The van der Waals surface area contributed by atoms with Gasteiger partial charge in [-0.1, -0.05) is 0 Å². The lowest BCUT2D eigenvalue weighted by Gasteiger charge is -2.23. The first-order valence-electron chi connectivity index (χ1n) is 8.97. The molecule has 0 unspecified atom stereocenters. The molecule has 28 heavy (non-hydrogen) atoms. The average molecular weight is 421 g/mol. The van der Waals surface area contributed by atoms with Gasteiger partial charge < -0.3 is 20.3 Å². The fourth-order valence-corrected chi connectivity index (χ4v) is 4.27. The van der Waals surface area contributed by atoms with E-state index in [9.17, 15) is 8.42 Å². The Morgan fingerprint density at radius 3 is 2.39 bits per heavy atom. The second-order valence-electron chi connectivity index (χ2n) is 6.41. The van der Waals surface area contributed by atoms with Gasteiger partial charge in [-0.25, -0.2) is 8.42 Å². The molecule has 1 fully saturated rings. The number of ether oxygens (including phenoxy) is 1. The first kappa shape index (κ1) is 20.2. The van der Waals surface area contributed by atoms with E-state index in [0.717, 1.165) is 31.6 Å². The van der Waals surface area contributed by atoms with Crippen molar-refractivity contribution in [3.8, 4) is 5.75 Å². The molecule has 2 aromatic carbocycles. The number of hydrogen-bond donors (Lipinski definition) is 3. The summed E-state index contributed by atoms with van der Waals surface area (Å²) in [6.45, 7) is 1.88. The summed E-state index contributed by atoms with van der Waals surface area (Å²) < 4.78 is 33.4. The molecular weight excluding hydrogens is 396 g/mol. The van der Waals surface area contributed by atoms with E-state index in [1.54, 1.807) is 50.6 Å². The minimum absolute atomic E-state index is 0.160. The van der Waals surface area contributed by atoms with Crippen molar-refractivity contribution in [1.82, 2.24) is 5.32 Å². The number of nitrogens with zero attached hydrogens (tertiary/aromatic N) is 1. The van der Waals surface area contributed by atoms with Crippen LogP contribution in [0.1, 0.15) is 12.8 Å². The summed E-state index contributed by atoms with van der Waals surface area (Å²) in [7, 11) is -0.472. The first-order chi connectivity index (χ1) is 13.4. The summed E-state index contributed by atoms with van der Waals surface area (Å²) in [5.41, 5.74) is 2.07. The van der Waals surface area contributed by atoms with Crippen molar-refractivity contribution < 1.29 is 13.2 Å². The lowest BCUT2D eigenvalue weighted by Crippen LogP contribution is -2.27. The average Bonchev–Trinajstić information content (AvgIpc) is 3.22. The number of rotatable bonds is 6. The zero-order valence-electron chi connectivity index (χ0n) is 15.9. The predicted octanol–water partition coefficient (Wildman–Crippen LogP) is 3.01. The Balaban J connectivity index is 1.90. The fourth-order valence-electron chi connectivity index (χ4n) is 3.07. The maximum absolute atomic E-state index is 12.9. The van der Waals surface area contributed by atoms with Gasteiger partial charge in [0.1, 0.15) is 5.75 Å². The van der Waals surface area contributed by atoms with Crippen LogP contribution in [-0.4, -0.2) is 40.8 Å². The molecule has 0 bridgehead atoms. The monoisotopic (exact) mass is 420 g/mol. The van der Waals surface area contributed by atoms with Gasteiger partial charge in [-0.15, -0.1) is 0 Å². The maximum Gasteiger partial charge on any atom is 0.261 e. The zero-order valence-corrected chi connectivity index (χ0v) is 17.5. The third-order valence-corrected chi connectivity index (χ3v) is 6.23. The highest BCUT2D eigenvalue weighted by atomic mass is 32.2. The quantitative estimate of drug-likeness (QED) is 0.620. The first-order valence-corrected chi connectivity index (χ1v) is 10.9. The number of benzene rings is 2. The summed E-state index contributed by atoms with van der Waals surface area (Å²) in [4.78, 5) is 2.39. The van der Waals surface area contributed by atoms with E-state index in [0.29, 0.717) is 22.2 Å². The Kier molecular flexibility index (Phi) is 6.25. The van der Waals surface area contributed by atoms with Gasteiger partial charge in [-0.05, 0) is 67.5 Å². The third-order valence-electron chi connectivity index (χ3n) is 4.54. The molecule has 0 saturated carbocycles. The molecule has 7 nitrogen and oxygen atoms in total. The van der Waals surface area contributed by atoms with Crippen molar-refractivity contribution in [2.45, 2.75) is 17.7 Å². The van der Waals surface area contributed by atoms with E-state index >= 15 is 0 Å². The van der Waals surface area contributed by atoms with Crippen LogP contribution in [0.25, 0.3) is 0 Å². The van der Waals surface area contributed by atoms with Gasteiger partial charge in [-0.3, -0.25) is 4.72 Å². The molecule has 3 N–H and O–H groups in total. The Morgan fingerprint density at radius 1 is 1.11 bits per heavy atom. The number of methoxy groups -OCH3 is 1. The van der Waals surface area contributed by atoms with E-state index in [2.05, 4.69) is 20.3 Å². The molecular formula is C19H24N4O3S2. The molecule has 0 radical (unpaired) electrons. The van der Waals surface area contributed by atoms with Gasteiger partial charge >= 0.3 is 0 Å². The van der Waals surface area contributed by atoms with Gasteiger partial charge in [0, 0.05) is 25.8 Å². The Bertz CT molecular complexity index is 940. The van der Waals surface area contributed by atoms with Gasteiger partial charge in [0.25, 0.3) is 10.0 Å². The summed E-state index contributed by atoms with van der Waals surface area (Å²) >= 11 is 5.22. The largest absolute Gasteiger partial charge is 0.497 e. The molecule has 1 saturated heterocycles. The van der Waals surface area contributed by atoms with E-state index in [4.69, 9.17) is 17.0 Å². The fraction of sp³-hybridized carbons (Fsp3) is 0.316. The highest BCUT2D eigenvalue weighted by molar-refractivity contribution is 7.92. The maximum atomic E-state index is 12.9. The van der Waals surface area contributed by atoms with Crippen molar-refractivity contribution in [1.29, 1.82) is 0 Å². The molecule has 1 aliphatic rings. The number of anilines is 3. The standard InChI is InChI=1S/C19H24N4O3S2/c1-20-19(27)21-17-13-16(9-10-18(17)23-11-3-4-12-23)28(24,25)22-14-5-7-15(26-2)8-6-14/h5-10,13,22H,3-4,11-12H2,1-2H3,(H2,20,21,27). The minimum Gasteiger partial charge on any atom is -0.497 e. The number of thiocarbonyl (C=S) groups is 1. The van der Waals surface area contributed by atoms with Gasteiger partial charge in [0.15, 0.2) is 5.11 Å². The second kappa shape index (κ2) is 8.66. The van der Waals surface area contributed by atoms with Gasteiger partial charge in [0.05, 0.1) is 23.4 Å². The van der Waals surface area contributed by atoms with Crippen LogP contribution in [0.2, 0.25) is 0 Å². The van der Waals surface area contributed by atoms with Crippen molar-refractivity contribution in [2.75, 3.05) is 42.2 Å². The summed E-state index contributed by atoms with van der Waals surface area (Å²) in [6, 6.07) is 11.8. The highest BCUT2D eigenvalue weighted by Crippen LogP contribution is 2.32. The van der Waals surface area contributed by atoms with E-state index < -0.39 is 10.0 Å². The minimum atomic E-state index is -3.75. The topological polar surface area (TPSA) is 82.7 Å². The van der Waals surface area contributed by atoms with Crippen molar-refractivity contribution >= 4 is 44.4 Å². The molecule has 1 aliphatic heterocycles. The van der Waals surface area contributed by atoms with E-state index in [1.807, 2.05) is 6.07 Å². The Labute approximate surface area is 171 Å². The molecule has 1 heterocycles. The molecule has 0 spiro atoms. The highest BCUT2D eigenvalue weighted by Gasteiger charge is 2.21. The number of nitrogens with one attached hydrogen (secondary N) is 3. The van der Waals surface area contributed by atoms with Crippen LogP contribution in [0.3, 0.4) is 0 Å². The molecule has 0 aliphatic carbocycles. The van der Waals surface area contributed by atoms with Gasteiger partial charge in [-0.2, -0.15) is 0 Å². The van der Waals surface area contributed by atoms with Crippen LogP contribution in [0.4, 0.5) is 17.1 Å². The molecule has 3 rings (SSSR count). The normalized spacial score (nSPS) is 13.9. The van der Waals surface area contributed by atoms with Crippen LogP contribution < -0.4 is 25.0 Å². The molecule has 150 valence electrons. The molecule has 2 aromatic rings. The summed E-state index contributed by atoms with van der Waals surface area (Å²) in [5.74, 6) is 0.657. The number of hydrogen-bond acceptors (Lipinski definition) is 5. The molecule has 0 atom stereocenters. The summed E-state index contributed by atoms with van der Waals surface area (Å²) in [6.07, 6.45) is 2.24. The van der Waals surface area contributed by atoms with Crippen LogP contribution in [0.5, 0.6) is 5.75 Å². The molecule has 0 aromatic heterocycles. The van der Waals surface area contributed by atoms with Crippen LogP contribution in [-0.2, 0) is 10.0 Å². The zero-order chi connectivity index (χ0) is 20.1. The van der Waals surface area contributed by atoms with Gasteiger partial charge in [0.2, 0.25) is 0 Å². The predicted molar refractivity (Wildman–Crippen MR) is 117 cm³/mol. The van der Waals surface area contributed by atoms with E-state index in [-0.39, 0.29) is 4.90 Å². The smallest absolute Gasteiger partial charge is 0.261 e. The molecule has 0 amide bonds. The van der Waals surface area contributed by atoms with Crippen LogP contribution >= 0.6 is 12.2 Å². The lowest BCUT2D eigenvalue weighted by atomic mass is 10.2.